The van der Waals surface area contributed by atoms with Crippen molar-refractivity contribution in [3.63, 3.8) is 0 Å². The van der Waals surface area contributed by atoms with Crippen molar-refractivity contribution in [3.8, 4) is 0 Å². The fourth-order valence-corrected chi connectivity index (χ4v) is 4.04. The highest BCUT2D eigenvalue weighted by Gasteiger charge is 2.75. The van der Waals surface area contributed by atoms with Crippen molar-refractivity contribution in [2.75, 3.05) is 13.2 Å². The van der Waals surface area contributed by atoms with E-state index in [2.05, 4.69) is 0 Å². The van der Waals surface area contributed by atoms with Crippen molar-refractivity contribution in [3.05, 3.63) is 0 Å². The van der Waals surface area contributed by atoms with E-state index in [1.54, 1.807) is 0 Å². The molecule has 0 atom stereocenters. The molecule has 0 N–H and O–H groups in total. The van der Waals surface area contributed by atoms with E-state index in [9.17, 15) is 12.9 Å². The van der Waals surface area contributed by atoms with Crippen LogP contribution in [-0.2, 0) is 4.74 Å². The van der Waals surface area contributed by atoms with Crippen molar-refractivity contribution in [2.45, 2.75) is 37.4 Å². The molecule has 5 heteroatoms. The second-order valence-corrected chi connectivity index (χ2v) is 5.72. The molecule has 15 heavy (non-hydrogen) atoms. The zero-order chi connectivity index (χ0) is 10.7. The van der Waals surface area contributed by atoms with Crippen LogP contribution in [0.25, 0.3) is 0 Å². The molecule has 4 aliphatic rings. The summed E-state index contributed by atoms with van der Waals surface area (Å²) in [6.07, 6.45) is 3.22. The van der Waals surface area contributed by atoms with Crippen LogP contribution in [0.2, 0.25) is 5.31 Å². The molecule has 2 bridgehead atoms. The van der Waals surface area contributed by atoms with E-state index in [4.69, 9.17) is 4.74 Å². The summed E-state index contributed by atoms with van der Waals surface area (Å²) < 4.78 is 43.3. The van der Waals surface area contributed by atoms with Crippen LogP contribution in [0.1, 0.15) is 32.1 Å². The molecule has 1 nitrogen and oxygen atoms in total. The number of hydrogen-bond acceptors (Lipinski definition) is 1. The normalized spacial score (nSPS) is 45.8. The average Bonchev–Trinajstić information content (AvgIpc) is 1.98. The van der Waals surface area contributed by atoms with Gasteiger partial charge in [-0.1, -0.05) is 24.6 Å². The Morgan fingerprint density at radius 1 is 1.00 bits per heavy atom. The predicted octanol–water partition coefficient (Wildman–Crippen LogP) is 3.18. The van der Waals surface area contributed by atoms with Gasteiger partial charge in [0.1, 0.15) is 0 Å². The van der Waals surface area contributed by atoms with Crippen molar-refractivity contribution in [2.24, 2.45) is 11.3 Å². The lowest BCUT2D eigenvalue weighted by Crippen LogP contribution is -2.68. The molecule has 0 amide bonds. The number of ether oxygens (including phenoxy) is 1. The fourth-order valence-electron chi connectivity index (χ4n) is 4.04. The summed E-state index contributed by atoms with van der Waals surface area (Å²) in [6.45, 7) is -3.10. The Kier molecular flexibility index (Phi) is 1.82. The lowest BCUT2D eigenvalue weighted by molar-refractivity contribution is -0.174. The quantitative estimate of drug-likeness (QED) is 0.648. The molecule has 1 saturated heterocycles. The summed E-state index contributed by atoms with van der Waals surface area (Å²) in [5, 5.41) is -1.21. The molecule has 3 aliphatic carbocycles. The van der Waals surface area contributed by atoms with Gasteiger partial charge in [0.2, 0.25) is 0 Å². The van der Waals surface area contributed by atoms with E-state index in [1.165, 1.54) is 0 Å². The van der Waals surface area contributed by atoms with Gasteiger partial charge in [0.05, 0.1) is 0 Å². The maximum absolute atomic E-state index is 12.7. The zero-order valence-electron chi connectivity index (χ0n) is 8.65. The van der Waals surface area contributed by atoms with Crippen LogP contribution in [-0.4, -0.2) is 20.2 Å². The first-order chi connectivity index (χ1) is 6.98. The van der Waals surface area contributed by atoms with E-state index in [1.807, 2.05) is 0 Å². The first-order valence-electron chi connectivity index (χ1n) is 5.75. The van der Waals surface area contributed by atoms with Crippen LogP contribution < -0.4 is 0 Å². The third-order valence-electron chi connectivity index (χ3n) is 4.89. The number of rotatable bonds is 2. The van der Waals surface area contributed by atoms with Gasteiger partial charge in [0.15, 0.2) is 0 Å². The molecule has 86 valence electrons. The molecule has 0 aromatic carbocycles. The van der Waals surface area contributed by atoms with E-state index < -0.39 is 12.3 Å². The molecule has 0 aromatic heterocycles. The maximum atomic E-state index is 12.7. The summed E-state index contributed by atoms with van der Waals surface area (Å²) in [5.41, 5.74) is 0.0705. The van der Waals surface area contributed by atoms with Crippen molar-refractivity contribution < 1.29 is 17.7 Å². The Morgan fingerprint density at radius 3 is 2.00 bits per heavy atom. The maximum Gasteiger partial charge on any atom is 0.484 e. The van der Waals surface area contributed by atoms with Crippen LogP contribution in [0.4, 0.5) is 12.9 Å². The molecular formula is C10H15BF3O-. The van der Waals surface area contributed by atoms with E-state index in [-0.39, 0.29) is 5.41 Å². The zero-order valence-corrected chi connectivity index (χ0v) is 8.65. The van der Waals surface area contributed by atoms with Gasteiger partial charge >= 0.3 is 6.98 Å². The molecule has 4 fully saturated rings. The smallest absolute Gasteiger partial charge is 0.449 e. The topological polar surface area (TPSA) is 9.23 Å². The van der Waals surface area contributed by atoms with Crippen LogP contribution in [0.15, 0.2) is 0 Å². The lowest BCUT2D eigenvalue weighted by Gasteiger charge is -2.78. The Bertz CT molecular complexity index is 263. The van der Waals surface area contributed by atoms with Gasteiger partial charge < -0.3 is 17.7 Å². The first-order valence-corrected chi connectivity index (χ1v) is 5.75. The third kappa shape index (κ3) is 1.16. The minimum atomic E-state index is -4.60. The second-order valence-electron chi connectivity index (χ2n) is 5.72. The Labute approximate surface area is 87.4 Å². The highest BCUT2D eigenvalue weighted by molar-refractivity contribution is 6.63. The molecule has 1 aliphatic heterocycles. The lowest BCUT2D eigenvalue weighted by atomic mass is 9.22. The van der Waals surface area contributed by atoms with Crippen LogP contribution in [0.3, 0.4) is 0 Å². The summed E-state index contributed by atoms with van der Waals surface area (Å²) >= 11 is 0. The molecule has 0 spiro atoms. The van der Waals surface area contributed by atoms with E-state index in [0.717, 1.165) is 26.1 Å². The van der Waals surface area contributed by atoms with Gasteiger partial charge in [-0.05, 0) is 24.2 Å². The molecule has 1 heterocycles. The SMILES string of the molecule is F[B-](F)(F)C12CC(C3CCOCC3)(C1)C2. The second kappa shape index (κ2) is 2.73. The highest BCUT2D eigenvalue weighted by Crippen LogP contribution is 2.85. The van der Waals surface area contributed by atoms with Crippen LogP contribution in [0, 0.1) is 11.3 Å². The largest absolute Gasteiger partial charge is 0.484 e. The summed E-state index contributed by atoms with van der Waals surface area (Å²) in [5.74, 6) is 0.506. The van der Waals surface area contributed by atoms with E-state index in [0.29, 0.717) is 25.2 Å². The van der Waals surface area contributed by atoms with Crippen LogP contribution >= 0.6 is 0 Å². The first kappa shape index (κ1) is 10.0. The molecule has 0 aromatic rings. The van der Waals surface area contributed by atoms with Gasteiger partial charge in [-0.2, -0.15) is 0 Å². The monoisotopic (exact) mass is 219 g/mol. The molecule has 0 unspecified atom stereocenters. The Balaban J connectivity index is 1.65. The molecule has 3 saturated carbocycles. The number of halogens is 3. The molecular weight excluding hydrogens is 204 g/mol. The minimum Gasteiger partial charge on any atom is -0.449 e. The average molecular weight is 219 g/mol. The molecule has 0 radical (unpaired) electrons. The van der Waals surface area contributed by atoms with E-state index >= 15 is 0 Å². The summed E-state index contributed by atoms with van der Waals surface area (Å²) in [6, 6.07) is 0. The van der Waals surface area contributed by atoms with Gasteiger partial charge in [-0.3, -0.25) is 0 Å². The van der Waals surface area contributed by atoms with Crippen molar-refractivity contribution in [1.29, 1.82) is 0 Å². The fraction of sp³-hybridized carbons (Fsp3) is 1.00. The van der Waals surface area contributed by atoms with Gasteiger partial charge in [0, 0.05) is 13.2 Å². The molecule has 4 rings (SSSR count). The van der Waals surface area contributed by atoms with Crippen molar-refractivity contribution >= 4 is 6.98 Å². The van der Waals surface area contributed by atoms with Crippen LogP contribution in [0.5, 0.6) is 0 Å². The van der Waals surface area contributed by atoms with Gasteiger partial charge in [-0.15, -0.1) is 0 Å². The predicted molar refractivity (Wildman–Crippen MR) is 51.6 cm³/mol. The summed E-state index contributed by atoms with van der Waals surface area (Å²) in [4.78, 5) is 0. The van der Waals surface area contributed by atoms with Gasteiger partial charge in [0.25, 0.3) is 0 Å². The Hall–Kier alpha value is -0.185. The standard InChI is InChI=1S/C10H15BF3O/c12-11(13,14)10-5-9(6-10,7-10)8-1-3-15-4-2-8/h8H,1-7H2/q-1. The number of hydrogen-bond donors (Lipinski definition) is 0. The highest BCUT2D eigenvalue weighted by atomic mass is 19.4. The van der Waals surface area contributed by atoms with Gasteiger partial charge in [-0.25, -0.2) is 0 Å². The van der Waals surface area contributed by atoms with Crippen molar-refractivity contribution in [1.82, 2.24) is 0 Å². The summed E-state index contributed by atoms with van der Waals surface area (Å²) in [7, 11) is 0. The Morgan fingerprint density at radius 2 is 1.53 bits per heavy atom. The third-order valence-corrected chi connectivity index (χ3v) is 4.89. The minimum absolute atomic E-state index is 0.0705.